The Morgan fingerprint density at radius 2 is 2.62 bits per heavy atom. The second-order valence-corrected chi connectivity index (χ2v) is 4.04. The minimum Gasteiger partial charge on any atom is -0.481 e. The number of thioether (sulfide) groups is 1. The molecule has 4 nitrogen and oxygen atoms in total. The summed E-state index contributed by atoms with van der Waals surface area (Å²) in [4.78, 5) is 14.7. The summed E-state index contributed by atoms with van der Waals surface area (Å²) < 4.78 is 2.03. The lowest BCUT2D eigenvalue weighted by molar-refractivity contribution is -0.136. The molecule has 1 aromatic heterocycles. The molecule has 0 saturated carbocycles. The minimum absolute atomic E-state index is 0.0283. The van der Waals surface area contributed by atoms with Gasteiger partial charge in [-0.3, -0.25) is 4.79 Å². The fourth-order valence-corrected chi connectivity index (χ4v) is 2.31. The van der Waals surface area contributed by atoms with Crippen LogP contribution < -0.4 is 0 Å². The van der Waals surface area contributed by atoms with Crippen LogP contribution in [0.4, 0.5) is 0 Å². The van der Waals surface area contributed by atoms with E-state index in [2.05, 4.69) is 4.98 Å². The summed E-state index contributed by atoms with van der Waals surface area (Å²) in [5.74, 6) is 0.268. The molecule has 70 valence electrons. The Labute approximate surface area is 80.0 Å². The molecule has 2 heterocycles. The van der Waals surface area contributed by atoms with E-state index < -0.39 is 5.97 Å². The third kappa shape index (κ3) is 1.85. The van der Waals surface area contributed by atoms with Gasteiger partial charge in [-0.05, 0) is 6.42 Å². The zero-order valence-electron chi connectivity index (χ0n) is 7.06. The molecule has 0 unspecified atom stereocenters. The van der Waals surface area contributed by atoms with Crippen molar-refractivity contribution in [2.24, 2.45) is 0 Å². The van der Waals surface area contributed by atoms with Gasteiger partial charge in [0.2, 0.25) is 0 Å². The summed E-state index contributed by atoms with van der Waals surface area (Å²) in [5, 5.41) is 9.53. The molecule has 1 aromatic rings. The van der Waals surface area contributed by atoms with Gasteiger partial charge < -0.3 is 9.67 Å². The zero-order chi connectivity index (χ0) is 9.26. The topological polar surface area (TPSA) is 55.1 Å². The SMILES string of the molecule is O=C(O)Cc1cn2c(n1)SCCC2. The normalized spacial score (nSPS) is 15.4. The molecule has 0 fully saturated rings. The minimum atomic E-state index is -0.819. The lowest BCUT2D eigenvalue weighted by atomic mass is 10.3. The maximum Gasteiger partial charge on any atom is 0.309 e. The van der Waals surface area contributed by atoms with E-state index in [1.54, 1.807) is 11.8 Å². The molecule has 0 aromatic carbocycles. The average Bonchev–Trinajstić information content (AvgIpc) is 2.44. The Kier molecular flexibility index (Phi) is 2.26. The van der Waals surface area contributed by atoms with E-state index in [0.717, 1.165) is 23.9 Å². The Balaban J connectivity index is 2.20. The van der Waals surface area contributed by atoms with Gasteiger partial charge in [0.15, 0.2) is 5.16 Å². The zero-order valence-corrected chi connectivity index (χ0v) is 7.88. The predicted octanol–water partition coefficient (Wildman–Crippen LogP) is 1.01. The molecule has 0 amide bonds. The van der Waals surface area contributed by atoms with Gasteiger partial charge in [0.25, 0.3) is 0 Å². The summed E-state index contributed by atoms with van der Waals surface area (Å²) in [6.07, 6.45) is 3.01. The van der Waals surface area contributed by atoms with Gasteiger partial charge in [0.1, 0.15) is 0 Å². The van der Waals surface area contributed by atoms with Crippen LogP contribution >= 0.6 is 11.8 Å². The van der Waals surface area contributed by atoms with Crippen LogP contribution in [0.5, 0.6) is 0 Å². The second-order valence-electron chi connectivity index (χ2n) is 2.98. The summed E-state index contributed by atoms with van der Waals surface area (Å²) in [6, 6.07) is 0. The largest absolute Gasteiger partial charge is 0.481 e. The van der Waals surface area contributed by atoms with Crippen LogP contribution in [0.3, 0.4) is 0 Å². The van der Waals surface area contributed by atoms with Gasteiger partial charge in [-0.2, -0.15) is 0 Å². The molecule has 0 bridgehead atoms. The van der Waals surface area contributed by atoms with Crippen molar-refractivity contribution in [3.05, 3.63) is 11.9 Å². The monoisotopic (exact) mass is 198 g/mol. The molecule has 1 N–H and O–H groups in total. The van der Waals surface area contributed by atoms with E-state index in [0.29, 0.717) is 5.69 Å². The first-order valence-corrected chi connectivity index (χ1v) is 5.15. The van der Waals surface area contributed by atoms with E-state index in [1.165, 1.54) is 0 Å². The van der Waals surface area contributed by atoms with E-state index in [4.69, 9.17) is 5.11 Å². The summed E-state index contributed by atoms with van der Waals surface area (Å²) in [7, 11) is 0. The maximum absolute atomic E-state index is 10.4. The molecule has 0 radical (unpaired) electrons. The predicted molar refractivity (Wildman–Crippen MR) is 48.9 cm³/mol. The summed E-state index contributed by atoms with van der Waals surface area (Å²) in [6.45, 7) is 0.967. The number of hydrogen-bond donors (Lipinski definition) is 1. The number of hydrogen-bond acceptors (Lipinski definition) is 3. The van der Waals surface area contributed by atoms with Crippen molar-refractivity contribution in [3.8, 4) is 0 Å². The van der Waals surface area contributed by atoms with Crippen molar-refractivity contribution in [2.45, 2.75) is 24.5 Å². The summed E-state index contributed by atoms with van der Waals surface area (Å²) in [5.41, 5.74) is 0.664. The number of rotatable bonds is 2. The molecule has 0 spiro atoms. The van der Waals surface area contributed by atoms with Crippen molar-refractivity contribution in [1.29, 1.82) is 0 Å². The highest BCUT2D eigenvalue weighted by Gasteiger charge is 2.13. The van der Waals surface area contributed by atoms with Crippen LogP contribution in [0.15, 0.2) is 11.4 Å². The number of carboxylic acid groups (broad SMARTS) is 1. The molecule has 0 atom stereocenters. The number of imidazole rings is 1. The lowest BCUT2D eigenvalue weighted by Crippen LogP contribution is -2.05. The number of aliphatic carboxylic acids is 1. The van der Waals surface area contributed by atoms with Crippen molar-refractivity contribution >= 4 is 17.7 Å². The lowest BCUT2D eigenvalue weighted by Gasteiger charge is -2.11. The van der Waals surface area contributed by atoms with Crippen LogP contribution in [0.2, 0.25) is 0 Å². The van der Waals surface area contributed by atoms with Crippen molar-refractivity contribution < 1.29 is 9.90 Å². The van der Waals surface area contributed by atoms with Crippen molar-refractivity contribution in [1.82, 2.24) is 9.55 Å². The quantitative estimate of drug-likeness (QED) is 0.770. The molecular weight excluding hydrogens is 188 g/mol. The first kappa shape index (κ1) is 8.62. The van der Waals surface area contributed by atoms with Gasteiger partial charge in [0.05, 0.1) is 12.1 Å². The van der Waals surface area contributed by atoms with Crippen molar-refractivity contribution in [2.75, 3.05) is 5.75 Å². The maximum atomic E-state index is 10.4. The fourth-order valence-electron chi connectivity index (χ4n) is 1.36. The molecule has 1 aliphatic heterocycles. The fraction of sp³-hybridized carbons (Fsp3) is 0.500. The molecule has 2 rings (SSSR count). The van der Waals surface area contributed by atoms with Crippen LogP contribution in [0.1, 0.15) is 12.1 Å². The summed E-state index contributed by atoms with van der Waals surface area (Å²) >= 11 is 1.70. The first-order chi connectivity index (χ1) is 6.25. The molecule has 5 heteroatoms. The van der Waals surface area contributed by atoms with Crippen LogP contribution in [-0.4, -0.2) is 26.4 Å². The smallest absolute Gasteiger partial charge is 0.309 e. The van der Waals surface area contributed by atoms with Crippen LogP contribution in [0.25, 0.3) is 0 Å². The number of fused-ring (bicyclic) bond motifs is 1. The Morgan fingerprint density at radius 3 is 3.31 bits per heavy atom. The van der Waals surface area contributed by atoms with Crippen molar-refractivity contribution in [3.63, 3.8) is 0 Å². The van der Waals surface area contributed by atoms with E-state index >= 15 is 0 Å². The number of nitrogens with zero attached hydrogens (tertiary/aromatic N) is 2. The van der Waals surface area contributed by atoms with E-state index in [-0.39, 0.29) is 6.42 Å². The van der Waals surface area contributed by atoms with Gasteiger partial charge >= 0.3 is 5.97 Å². The number of aryl methyl sites for hydroxylation is 1. The third-order valence-electron chi connectivity index (χ3n) is 1.90. The van der Waals surface area contributed by atoms with Crippen LogP contribution in [0, 0.1) is 0 Å². The van der Waals surface area contributed by atoms with E-state index in [1.807, 2.05) is 10.8 Å². The molecule has 13 heavy (non-hydrogen) atoms. The third-order valence-corrected chi connectivity index (χ3v) is 2.97. The number of carbonyl (C=O) groups is 1. The molecule has 0 saturated heterocycles. The highest BCUT2D eigenvalue weighted by Crippen LogP contribution is 2.23. The highest BCUT2D eigenvalue weighted by atomic mass is 32.2. The number of aromatic nitrogens is 2. The van der Waals surface area contributed by atoms with E-state index in [9.17, 15) is 4.79 Å². The molecule has 1 aliphatic rings. The van der Waals surface area contributed by atoms with Gasteiger partial charge in [-0.15, -0.1) is 0 Å². The Morgan fingerprint density at radius 1 is 1.77 bits per heavy atom. The molecule has 0 aliphatic carbocycles. The van der Waals surface area contributed by atoms with Gasteiger partial charge in [-0.1, -0.05) is 11.8 Å². The highest BCUT2D eigenvalue weighted by molar-refractivity contribution is 7.99. The van der Waals surface area contributed by atoms with Gasteiger partial charge in [0, 0.05) is 18.5 Å². The second kappa shape index (κ2) is 3.41. The number of carboxylic acids is 1. The van der Waals surface area contributed by atoms with Gasteiger partial charge in [-0.25, -0.2) is 4.98 Å². The first-order valence-electron chi connectivity index (χ1n) is 4.16. The average molecular weight is 198 g/mol. The van der Waals surface area contributed by atoms with Crippen LogP contribution in [-0.2, 0) is 17.8 Å². The standard InChI is InChI=1S/C8H10N2O2S/c11-7(12)4-6-5-10-2-1-3-13-8(10)9-6/h5H,1-4H2,(H,11,12). The Hall–Kier alpha value is -0.970. The molecular formula is C8H10N2O2S. The Bertz CT molecular complexity index is 311.